The standard InChI is InChI=1S/C23H20F2N4O2/c1-13(30)28-17-8-15(19-4-3-16(24)11-20(19)25)9-18(12-17)29-22-5-2-14(10-21(22)26)23-27-6-7-31-23/h2-5,8-12,29H,6-7,26H2,1H3,(H,28,30). The van der Waals surface area contributed by atoms with Gasteiger partial charge in [-0.15, -0.1) is 0 Å². The first-order valence-corrected chi connectivity index (χ1v) is 9.61. The molecular formula is C23H20F2N4O2. The summed E-state index contributed by atoms with van der Waals surface area (Å²) in [6.45, 7) is 2.55. The number of halogens is 2. The molecule has 0 atom stereocenters. The third-order valence-corrected chi connectivity index (χ3v) is 4.66. The van der Waals surface area contributed by atoms with E-state index in [1.807, 2.05) is 6.07 Å². The van der Waals surface area contributed by atoms with E-state index in [1.165, 1.54) is 19.1 Å². The summed E-state index contributed by atoms with van der Waals surface area (Å²) >= 11 is 0. The van der Waals surface area contributed by atoms with Crippen molar-refractivity contribution in [3.8, 4) is 11.1 Å². The summed E-state index contributed by atoms with van der Waals surface area (Å²) in [5.41, 5.74) is 9.77. The predicted octanol–water partition coefficient (Wildman–Crippen LogP) is 4.69. The third-order valence-electron chi connectivity index (χ3n) is 4.66. The lowest BCUT2D eigenvalue weighted by atomic mass is 10.0. The van der Waals surface area contributed by atoms with Crippen molar-refractivity contribution in [2.24, 2.45) is 4.99 Å². The maximum absolute atomic E-state index is 14.4. The number of amides is 1. The first kappa shape index (κ1) is 20.3. The van der Waals surface area contributed by atoms with Gasteiger partial charge in [0.05, 0.1) is 17.9 Å². The molecule has 0 spiro atoms. The van der Waals surface area contributed by atoms with Crippen molar-refractivity contribution >= 4 is 34.6 Å². The van der Waals surface area contributed by atoms with Crippen LogP contribution in [0.5, 0.6) is 0 Å². The number of anilines is 4. The Morgan fingerprint density at radius 1 is 1.03 bits per heavy atom. The highest BCUT2D eigenvalue weighted by atomic mass is 19.1. The number of hydrogen-bond acceptors (Lipinski definition) is 5. The number of nitrogens with zero attached hydrogens (tertiary/aromatic N) is 1. The molecule has 1 aliphatic rings. The van der Waals surface area contributed by atoms with Gasteiger partial charge in [-0.05, 0) is 54.1 Å². The van der Waals surface area contributed by atoms with Crippen LogP contribution in [0.15, 0.2) is 59.6 Å². The Labute approximate surface area is 177 Å². The van der Waals surface area contributed by atoms with E-state index < -0.39 is 11.6 Å². The van der Waals surface area contributed by atoms with Gasteiger partial charge in [-0.2, -0.15) is 0 Å². The lowest BCUT2D eigenvalue weighted by Crippen LogP contribution is -2.07. The van der Waals surface area contributed by atoms with Gasteiger partial charge in [-0.1, -0.05) is 0 Å². The van der Waals surface area contributed by atoms with Crippen LogP contribution in [0.25, 0.3) is 11.1 Å². The summed E-state index contributed by atoms with van der Waals surface area (Å²) < 4.78 is 33.1. The lowest BCUT2D eigenvalue weighted by molar-refractivity contribution is -0.114. The number of carbonyl (C=O) groups excluding carboxylic acids is 1. The Kier molecular flexibility index (Phi) is 5.53. The van der Waals surface area contributed by atoms with E-state index in [9.17, 15) is 13.6 Å². The minimum absolute atomic E-state index is 0.205. The molecule has 4 rings (SSSR count). The van der Waals surface area contributed by atoms with Crippen LogP contribution in [0.2, 0.25) is 0 Å². The zero-order valence-corrected chi connectivity index (χ0v) is 16.7. The molecule has 0 saturated heterocycles. The second kappa shape index (κ2) is 8.43. The number of aliphatic imine (C=N–C) groups is 1. The largest absolute Gasteiger partial charge is 0.476 e. The third kappa shape index (κ3) is 4.63. The highest BCUT2D eigenvalue weighted by Crippen LogP contribution is 2.32. The molecule has 0 aliphatic carbocycles. The van der Waals surface area contributed by atoms with Crippen molar-refractivity contribution in [1.29, 1.82) is 0 Å². The number of nitrogens with two attached hydrogens (primary N) is 1. The van der Waals surface area contributed by atoms with E-state index in [0.29, 0.717) is 47.4 Å². The van der Waals surface area contributed by atoms with Crippen molar-refractivity contribution in [3.63, 3.8) is 0 Å². The Hall–Kier alpha value is -3.94. The Balaban J connectivity index is 1.69. The van der Waals surface area contributed by atoms with Crippen molar-refractivity contribution in [2.45, 2.75) is 6.92 Å². The van der Waals surface area contributed by atoms with Gasteiger partial charge < -0.3 is 21.1 Å². The summed E-state index contributed by atoms with van der Waals surface area (Å²) in [6.07, 6.45) is 0. The Morgan fingerprint density at radius 3 is 2.52 bits per heavy atom. The molecule has 3 aromatic rings. The summed E-state index contributed by atoms with van der Waals surface area (Å²) in [7, 11) is 0. The molecule has 3 aromatic carbocycles. The number of ether oxygens (including phenoxy) is 1. The molecule has 0 aromatic heterocycles. The summed E-state index contributed by atoms with van der Waals surface area (Å²) in [5, 5.41) is 5.88. The minimum Gasteiger partial charge on any atom is -0.476 e. The second-order valence-corrected chi connectivity index (χ2v) is 7.07. The van der Waals surface area contributed by atoms with Gasteiger partial charge in [-0.3, -0.25) is 4.79 Å². The number of rotatable bonds is 5. The normalized spacial score (nSPS) is 12.8. The number of carbonyl (C=O) groups is 1. The maximum Gasteiger partial charge on any atom is 0.221 e. The molecule has 31 heavy (non-hydrogen) atoms. The van der Waals surface area contributed by atoms with Crippen LogP contribution in [0, 0.1) is 11.6 Å². The molecule has 6 nitrogen and oxygen atoms in total. The van der Waals surface area contributed by atoms with Gasteiger partial charge in [0.1, 0.15) is 18.2 Å². The topological polar surface area (TPSA) is 88.7 Å². The Bertz CT molecular complexity index is 1190. The molecule has 8 heteroatoms. The highest BCUT2D eigenvalue weighted by molar-refractivity contribution is 5.97. The van der Waals surface area contributed by atoms with Gasteiger partial charge in [0.25, 0.3) is 0 Å². The molecule has 0 fully saturated rings. The van der Waals surface area contributed by atoms with Crippen LogP contribution in [0.3, 0.4) is 0 Å². The molecule has 4 N–H and O–H groups in total. The maximum atomic E-state index is 14.4. The van der Waals surface area contributed by atoms with E-state index in [4.69, 9.17) is 10.5 Å². The van der Waals surface area contributed by atoms with Crippen molar-refractivity contribution in [2.75, 3.05) is 29.5 Å². The number of nitrogens with one attached hydrogen (secondary N) is 2. The fourth-order valence-corrected chi connectivity index (χ4v) is 3.33. The molecule has 0 saturated carbocycles. The van der Waals surface area contributed by atoms with E-state index in [1.54, 1.807) is 30.3 Å². The number of benzene rings is 3. The number of hydrogen-bond donors (Lipinski definition) is 3. The molecule has 0 bridgehead atoms. The molecule has 1 heterocycles. The summed E-state index contributed by atoms with van der Waals surface area (Å²) in [6, 6.07) is 13.7. The Morgan fingerprint density at radius 2 is 1.84 bits per heavy atom. The monoisotopic (exact) mass is 422 g/mol. The van der Waals surface area contributed by atoms with E-state index in [0.717, 1.165) is 11.6 Å². The van der Waals surface area contributed by atoms with Crippen LogP contribution in [0.4, 0.5) is 31.5 Å². The molecule has 1 aliphatic heterocycles. The molecule has 0 unspecified atom stereocenters. The fourth-order valence-electron chi connectivity index (χ4n) is 3.33. The number of nitrogen functional groups attached to an aromatic ring is 1. The van der Waals surface area contributed by atoms with Gasteiger partial charge in [-0.25, -0.2) is 13.8 Å². The van der Waals surface area contributed by atoms with Gasteiger partial charge >= 0.3 is 0 Å². The van der Waals surface area contributed by atoms with Crippen LogP contribution in [-0.2, 0) is 9.53 Å². The smallest absolute Gasteiger partial charge is 0.221 e. The lowest BCUT2D eigenvalue weighted by Gasteiger charge is -2.15. The highest BCUT2D eigenvalue weighted by Gasteiger charge is 2.13. The molecule has 0 radical (unpaired) electrons. The average molecular weight is 422 g/mol. The minimum atomic E-state index is -0.702. The van der Waals surface area contributed by atoms with Crippen LogP contribution in [0.1, 0.15) is 12.5 Å². The molecular weight excluding hydrogens is 402 g/mol. The fraction of sp³-hybridized carbons (Fsp3) is 0.130. The van der Waals surface area contributed by atoms with Crippen LogP contribution < -0.4 is 16.4 Å². The van der Waals surface area contributed by atoms with E-state index >= 15 is 0 Å². The molecule has 158 valence electrons. The van der Waals surface area contributed by atoms with Crippen molar-refractivity contribution < 1.29 is 18.3 Å². The zero-order chi connectivity index (χ0) is 22.0. The van der Waals surface area contributed by atoms with Crippen LogP contribution in [-0.4, -0.2) is 25.0 Å². The summed E-state index contributed by atoms with van der Waals surface area (Å²) in [5.74, 6) is -1.09. The SMILES string of the molecule is CC(=O)Nc1cc(Nc2ccc(C3=NCCO3)cc2N)cc(-c2ccc(F)cc2F)c1. The van der Waals surface area contributed by atoms with Gasteiger partial charge in [0, 0.05) is 35.5 Å². The first-order chi connectivity index (χ1) is 14.9. The van der Waals surface area contributed by atoms with Crippen LogP contribution >= 0.6 is 0 Å². The van der Waals surface area contributed by atoms with Crippen molar-refractivity contribution in [1.82, 2.24) is 0 Å². The van der Waals surface area contributed by atoms with E-state index in [2.05, 4.69) is 15.6 Å². The van der Waals surface area contributed by atoms with E-state index in [-0.39, 0.29) is 11.5 Å². The second-order valence-electron chi connectivity index (χ2n) is 7.07. The predicted molar refractivity (Wildman–Crippen MR) is 118 cm³/mol. The summed E-state index contributed by atoms with van der Waals surface area (Å²) in [4.78, 5) is 15.8. The zero-order valence-electron chi connectivity index (χ0n) is 16.7. The quantitative estimate of drug-likeness (QED) is 0.521. The molecule has 1 amide bonds. The van der Waals surface area contributed by atoms with Gasteiger partial charge in [0.15, 0.2) is 0 Å². The average Bonchev–Trinajstić information content (AvgIpc) is 3.23. The van der Waals surface area contributed by atoms with Crippen molar-refractivity contribution in [3.05, 3.63) is 71.8 Å². The first-order valence-electron chi connectivity index (χ1n) is 9.61. The van der Waals surface area contributed by atoms with Gasteiger partial charge in [0.2, 0.25) is 11.8 Å².